The van der Waals surface area contributed by atoms with Crippen LogP contribution in [0.4, 0.5) is 5.69 Å². The fourth-order valence-electron chi connectivity index (χ4n) is 2.13. The molecule has 2 N–H and O–H groups in total. The number of pyridine rings is 1. The topological polar surface area (TPSA) is 61.0 Å². The predicted molar refractivity (Wildman–Crippen MR) is 89.8 cm³/mol. The van der Waals surface area contributed by atoms with Crippen LogP contribution >= 0.6 is 34.3 Å². The Labute approximate surface area is 135 Å². The highest BCUT2D eigenvalue weighted by Gasteiger charge is 2.15. The number of thiazole rings is 1. The predicted octanol–water partition coefficient (Wildman–Crippen LogP) is 4.23. The van der Waals surface area contributed by atoms with Gasteiger partial charge in [-0.3, -0.25) is 0 Å². The van der Waals surface area contributed by atoms with E-state index >= 15 is 0 Å². The minimum atomic E-state index is 0.477. The first-order valence-electron chi connectivity index (χ1n) is 6.42. The average Bonchev–Trinajstić information content (AvgIpc) is 3.02. The molecule has 3 aromatic heterocycles. The van der Waals surface area contributed by atoms with Crippen LogP contribution < -0.4 is 10.5 Å². The van der Waals surface area contributed by atoms with Crippen molar-refractivity contribution in [1.29, 1.82) is 0 Å². The van der Waals surface area contributed by atoms with Crippen LogP contribution in [0.25, 0.3) is 10.2 Å². The summed E-state index contributed by atoms with van der Waals surface area (Å²) in [5.41, 5.74) is 10.5. The Balaban J connectivity index is 1.81. The Kier molecular flexibility index (Phi) is 4.01. The zero-order valence-electron chi connectivity index (χ0n) is 11.6. The van der Waals surface area contributed by atoms with Crippen LogP contribution in [0.15, 0.2) is 10.9 Å². The van der Waals surface area contributed by atoms with Gasteiger partial charge in [-0.05, 0) is 19.4 Å². The summed E-state index contributed by atoms with van der Waals surface area (Å²) in [6, 6.07) is 0. The summed E-state index contributed by atoms with van der Waals surface area (Å²) in [7, 11) is 0. The van der Waals surface area contributed by atoms with Crippen LogP contribution in [0.5, 0.6) is 5.88 Å². The van der Waals surface area contributed by atoms with Gasteiger partial charge in [-0.1, -0.05) is 11.6 Å². The monoisotopic (exact) mass is 339 g/mol. The zero-order valence-corrected chi connectivity index (χ0v) is 14.0. The Hall–Kier alpha value is -1.37. The maximum atomic E-state index is 6.34. The van der Waals surface area contributed by atoms with E-state index in [1.54, 1.807) is 11.3 Å². The Morgan fingerprint density at radius 1 is 1.33 bits per heavy atom. The van der Waals surface area contributed by atoms with Crippen molar-refractivity contribution in [2.45, 2.75) is 20.3 Å². The van der Waals surface area contributed by atoms with E-state index in [0.717, 1.165) is 27.9 Å². The van der Waals surface area contributed by atoms with Gasteiger partial charge in [0, 0.05) is 22.1 Å². The normalized spacial score (nSPS) is 11.2. The number of halogens is 1. The van der Waals surface area contributed by atoms with Crippen molar-refractivity contribution in [2.75, 3.05) is 12.3 Å². The quantitative estimate of drug-likeness (QED) is 0.772. The van der Waals surface area contributed by atoms with E-state index in [2.05, 4.69) is 9.97 Å². The summed E-state index contributed by atoms with van der Waals surface area (Å²) in [5, 5.41) is 3.34. The Morgan fingerprint density at radius 2 is 2.14 bits per heavy atom. The van der Waals surface area contributed by atoms with Gasteiger partial charge >= 0.3 is 0 Å². The lowest BCUT2D eigenvalue weighted by molar-refractivity contribution is 0.311. The standard InChI is InChI=1S/C14H14ClN3OS2/c1-7-11-9(16)5-20-14(11)18-13(12(7)15)19-4-3-10-8(2)17-6-21-10/h5-6H,3-4,16H2,1-2H3. The van der Waals surface area contributed by atoms with E-state index in [1.165, 1.54) is 16.2 Å². The molecule has 3 heterocycles. The van der Waals surface area contributed by atoms with E-state index in [-0.39, 0.29) is 0 Å². The molecule has 0 spiro atoms. The molecule has 0 atom stereocenters. The van der Waals surface area contributed by atoms with Gasteiger partial charge in [-0.25, -0.2) is 9.97 Å². The lowest BCUT2D eigenvalue weighted by Crippen LogP contribution is -2.04. The third-order valence-corrected chi connectivity index (χ3v) is 5.64. The summed E-state index contributed by atoms with van der Waals surface area (Å²) in [5.74, 6) is 0.477. The van der Waals surface area contributed by atoms with Crippen LogP contribution in [-0.2, 0) is 6.42 Å². The van der Waals surface area contributed by atoms with Crippen molar-refractivity contribution >= 4 is 50.2 Å². The molecule has 0 radical (unpaired) electrons. The number of anilines is 1. The fourth-order valence-corrected chi connectivity index (χ4v) is 3.97. The van der Waals surface area contributed by atoms with Gasteiger partial charge in [0.1, 0.15) is 9.85 Å². The van der Waals surface area contributed by atoms with Crippen molar-refractivity contribution in [1.82, 2.24) is 9.97 Å². The number of rotatable bonds is 4. The molecule has 0 saturated carbocycles. The molecule has 0 bridgehead atoms. The number of fused-ring (bicyclic) bond motifs is 1. The number of ether oxygens (including phenoxy) is 1. The molecule has 0 aliphatic carbocycles. The Morgan fingerprint density at radius 3 is 2.86 bits per heavy atom. The van der Waals surface area contributed by atoms with E-state index < -0.39 is 0 Å². The number of hydrogen-bond donors (Lipinski definition) is 1. The summed E-state index contributed by atoms with van der Waals surface area (Å²) < 4.78 is 5.76. The van der Waals surface area contributed by atoms with E-state index in [9.17, 15) is 0 Å². The van der Waals surface area contributed by atoms with Crippen LogP contribution in [0.1, 0.15) is 16.1 Å². The maximum absolute atomic E-state index is 6.34. The van der Waals surface area contributed by atoms with Crippen LogP contribution in [0, 0.1) is 13.8 Å². The SMILES string of the molecule is Cc1ncsc1CCOc1nc2scc(N)c2c(C)c1Cl. The van der Waals surface area contributed by atoms with Gasteiger partial charge in [-0.15, -0.1) is 22.7 Å². The smallest absolute Gasteiger partial charge is 0.234 e. The molecule has 0 fully saturated rings. The van der Waals surface area contributed by atoms with Crippen LogP contribution in [-0.4, -0.2) is 16.6 Å². The second-order valence-electron chi connectivity index (χ2n) is 4.69. The third-order valence-electron chi connectivity index (χ3n) is 3.31. The molecular weight excluding hydrogens is 326 g/mol. The first-order valence-corrected chi connectivity index (χ1v) is 8.56. The van der Waals surface area contributed by atoms with Gasteiger partial charge in [-0.2, -0.15) is 0 Å². The van der Waals surface area contributed by atoms with Crippen molar-refractivity contribution in [2.24, 2.45) is 0 Å². The molecule has 0 aliphatic heterocycles. The number of hydrogen-bond acceptors (Lipinski definition) is 6. The molecular formula is C14H14ClN3OS2. The number of aryl methyl sites for hydroxylation is 2. The van der Waals surface area contributed by atoms with Crippen molar-refractivity contribution in [3.05, 3.63) is 32.0 Å². The number of nitrogens with two attached hydrogens (primary N) is 1. The molecule has 3 aromatic rings. The lowest BCUT2D eigenvalue weighted by Gasteiger charge is -2.09. The minimum Gasteiger partial charge on any atom is -0.476 e. The number of thiophene rings is 1. The average molecular weight is 340 g/mol. The summed E-state index contributed by atoms with van der Waals surface area (Å²) in [6.45, 7) is 4.47. The van der Waals surface area contributed by atoms with Gasteiger partial charge < -0.3 is 10.5 Å². The third kappa shape index (κ3) is 2.71. The molecule has 0 amide bonds. The molecule has 21 heavy (non-hydrogen) atoms. The van der Waals surface area contributed by atoms with E-state index in [0.29, 0.717) is 23.2 Å². The second kappa shape index (κ2) is 5.79. The van der Waals surface area contributed by atoms with E-state index in [1.807, 2.05) is 24.7 Å². The maximum Gasteiger partial charge on any atom is 0.234 e. The summed E-state index contributed by atoms with van der Waals surface area (Å²) >= 11 is 9.49. The molecule has 0 aliphatic rings. The molecule has 3 rings (SSSR count). The second-order valence-corrected chi connectivity index (χ2v) is 6.86. The molecule has 0 saturated heterocycles. The highest BCUT2D eigenvalue weighted by Crippen LogP contribution is 2.37. The number of nitrogens with zero attached hydrogens (tertiary/aromatic N) is 2. The van der Waals surface area contributed by atoms with Gasteiger partial charge in [0.25, 0.3) is 0 Å². The molecule has 4 nitrogen and oxygen atoms in total. The Bertz CT molecular complexity index is 797. The lowest BCUT2D eigenvalue weighted by atomic mass is 10.2. The van der Waals surface area contributed by atoms with Crippen molar-refractivity contribution in [3.63, 3.8) is 0 Å². The first-order chi connectivity index (χ1) is 10.1. The largest absolute Gasteiger partial charge is 0.476 e. The fraction of sp³-hybridized carbons (Fsp3) is 0.286. The zero-order chi connectivity index (χ0) is 15.0. The van der Waals surface area contributed by atoms with Crippen molar-refractivity contribution < 1.29 is 4.74 Å². The van der Waals surface area contributed by atoms with Gasteiger partial charge in [0.05, 0.1) is 23.5 Å². The molecule has 0 aromatic carbocycles. The minimum absolute atomic E-state index is 0.477. The first kappa shape index (κ1) is 14.6. The van der Waals surface area contributed by atoms with Crippen LogP contribution in [0.2, 0.25) is 5.02 Å². The molecule has 0 unspecified atom stereocenters. The number of aromatic nitrogens is 2. The molecule has 110 valence electrons. The van der Waals surface area contributed by atoms with Gasteiger partial charge in [0.2, 0.25) is 5.88 Å². The summed E-state index contributed by atoms with van der Waals surface area (Å²) in [4.78, 5) is 10.8. The van der Waals surface area contributed by atoms with Gasteiger partial charge in [0.15, 0.2) is 0 Å². The van der Waals surface area contributed by atoms with Crippen molar-refractivity contribution in [3.8, 4) is 5.88 Å². The van der Waals surface area contributed by atoms with E-state index in [4.69, 9.17) is 22.1 Å². The van der Waals surface area contributed by atoms with Crippen LogP contribution in [0.3, 0.4) is 0 Å². The highest BCUT2D eigenvalue weighted by molar-refractivity contribution is 7.17. The summed E-state index contributed by atoms with van der Waals surface area (Å²) in [6.07, 6.45) is 0.804. The molecule has 7 heteroatoms. The highest BCUT2D eigenvalue weighted by atomic mass is 35.5. The number of nitrogen functional groups attached to an aromatic ring is 1.